The highest BCUT2D eigenvalue weighted by Gasteiger charge is 2.12. The molecule has 0 spiro atoms. The average Bonchev–Trinajstić information content (AvgIpc) is 2.54. The average molecular weight is 309 g/mol. The SMILES string of the molecule is Cc1nn(CC(=O)Nc2ccccc2O)c(=O)c2ccccc12. The zero-order valence-corrected chi connectivity index (χ0v) is 12.5. The van der Waals surface area contributed by atoms with Crippen molar-refractivity contribution in [3.05, 3.63) is 64.6 Å². The lowest BCUT2D eigenvalue weighted by Crippen LogP contribution is -2.30. The van der Waals surface area contributed by atoms with Crippen LogP contribution in [-0.4, -0.2) is 20.8 Å². The Bertz CT molecular complexity index is 947. The van der Waals surface area contributed by atoms with Gasteiger partial charge in [0.05, 0.1) is 16.8 Å². The van der Waals surface area contributed by atoms with Gasteiger partial charge in [-0.15, -0.1) is 0 Å². The summed E-state index contributed by atoms with van der Waals surface area (Å²) < 4.78 is 1.13. The van der Waals surface area contributed by atoms with E-state index in [0.717, 1.165) is 10.1 Å². The molecule has 1 amide bonds. The van der Waals surface area contributed by atoms with Crippen LogP contribution in [-0.2, 0) is 11.3 Å². The molecule has 6 heteroatoms. The molecule has 0 aliphatic rings. The second-order valence-corrected chi connectivity index (χ2v) is 5.16. The lowest BCUT2D eigenvalue weighted by Gasteiger charge is -2.10. The van der Waals surface area contributed by atoms with Crippen LogP contribution in [0.15, 0.2) is 53.3 Å². The first-order valence-corrected chi connectivity index (χ1v) is 7.10. The molecule has 0 aliphatic heterocycles. The van der Waals surface area contributed by atoms with Gasteiger partial charge in [0, 0.05) is 5.39 Å². The van der Waals surface area contributed by atoms with E-state index in [2.05, 4.69) is 10.4 Å². The number of phenols is 1. The lowest BCUT2D eigenvalue weighted by molar-refractivity contribution is -0.117. The van der Waals surface area contributed by atoms with E-state index in [1.165, 1.54) is 6.07 Å². The Morgan fingerprint density at radius 2 is 1.78 bits per heavy atom. The predicted molar refractivity (Wildman–Crippen MR) is 87.5 cm³/mol. The van der Waals surface area contributed by atoms with Gasteiger partial charge in [-0.25, -0.2) is 4.68 Å². The summed E-state index contributed by atoms with van der Waals surface area (Å²) in [6.07, 6.45) is 0. The molecule has 2 N–H and O–H groups in total. The Morgan fingerprint density at radius 1 is 1.13 bits per heavy atom. The summed E-state index contributed by atoms with van der Waals surface area (Å²) in [6.45, 7) is 1.57. The quantitative estimate of drug-likeness (QED) is 0.725. The van der Waals surface area contributed by atoms with Crippen LogP contribution in [0.1, 0.15) is 5.69 Å². The van der Waals surface area contributed by atoms with Crippen LogP contribution in [0.5, 0.6) is 5.75 Å². The van der Waals surface area contributed by atoms with Crippen LogP contribution in [0.25, 0.3) is 10.8 Å². The Balaban J connectivity index is 1.90. The number of hydrogen-bond acceptors (Lipinski definition) is 4. The molecular weight excluding hydrogens is 294 g/mol. The summed E-state index contributed by atoms with van der Waals surface area (Å²) in [5.74, 6) is -0.466. The highest BCUT2D eigenvalue weighted by Crippen LogP contribution is 2.21. The zero-order chi connectivity index (χ0) is 16.4. The molecule has 1 heterocycles. The highest BCUT2D eigenvalue weighted by atomic mass is 16.3. The van der Waals surface area contributed by atoms with Crippen LogP contribution in [0.4, 0.5) is 5.69 Å². The molecule has 0 atom stereocenters. The molecule has 3 rings (SSSR count). The van der Waals surface area contributed by atoms with Gasteiger partial charge >= 0.3 is 0 Å². The van der Waals surface area contributed by atoms with E-state index in [4.69, 9.17) is 0 Å². The number of para-hydroxylation sites is 2. The van der Waals surface area contributed by atoms with E-state index in [1.54, 1.807) is 37.3 Å². The minimum atomic E-state index is -0.434. The number of phenolic OH excluding ortho intramolecular Hbond substituents is 1. The summed E-state index contributed by atoms with van der Waals surface area (Å²) in [5, 5.41) is 17.7. The molecule has 0 bridgehead atoms. The van der Waals surface area contributed by atoms with Crippen molar-refractivity contribution in [2.45, 2.75) is 13.5 Å². The molecule has 0 radical (unpaired) electrons. The third kappa shape index (κ3) is 2.91. The Hall–Kier alpha value is -3.15. The fourth-order valence-corrected chi connectivity index (χ4v) is 2.42. The first kappa shape index (κ1) is 14.8. The Labute approximate surface area is 132 Å². The van der Waals surface area contributed by atoms with Crippen LogP contribution in [0, 0.1) is 6.92 Å². The number of nitrogens with one attached hydrogen (secondary N) is 1. The number of carbonyl (C=O) groups is 1. The van der Waals surface area contributed by atoms with Crippen molar-refractivity contribution in [1.29, 1.82) is 0 Å². The Kier molecular flexibility index (Phi) is 3.80. The molecule has 0 aliphatic carbocycles. The minimum Gasteiger partial charge on any atom is -0.506 e. The largest absolute Gasteiger partial charge is 0.506 e. The van der Waals surface area contributed by atoms with Crippen molar-refractivity contribution in [2.24, 2.45) is 0 Å². The van der Waals surface area contributed by atoms with Crippen LogP contribution < -0.4 is 10.9 Å². The summed E-state index contributed by atoms with van der Waals surface area (Å²) in [7, 11) is 0. The summed E-state index contributed by atoms with van der Waals surface area (Å²) in [6, 6.07) is 13.6. The maximum Gasteiger partial charge on any atom is 0.275 e. The third-order valence-electron chi connectivity index (χ3n) is 3.52. The number of aryl methyl sites for hydroxylation is 1. The topological polar surface area (TPSA) is 84.2 Å². The zero-order valence-electron chi connectivity index (χ0n) is 12.5. The molecule has 1 aromatic heterocycles. The summed E-state index contributed by atoms with van der Waals surface area (Å²) in [4.78, 5) is 24.5. The first-order valence-electron chi connectivity index (χ1n) is 7.10. The molecule has 3 aromatic rings. The van der Waals surface area contributed by atoms with Crippen LogP contribution in [0.2, 0.25) is 0 Å². The Morgan fingerprint density at radius 3 is 2.52 bits per heavy atom. The van der Waals surface area contributed by atoms with Gasteiger partial charge in [-0.05, 0) is 25.1 Å². The third-order valence-corrected chi connectivity index (χ3v) is 3.52. The maximum atomic E-state index is 12.4. The van der Waals surface area contributed by atoms with Crippen molar-refractivity contribution in [3.63, 3.8) is 0 Å². The fraction of sp³-hybridized carbons (Fsp3) is 0.118. The van der Waals surface area contributed by atoms with Gasteiger partial charge in [0.15, 0.2) is 0 Å². The molecule has 0 saturated heterocycles. The van der Waals surface area contributed by atoms with E-state index >= 15 is 0 Å². The van der Waals surface area contributed by atoms with Crippen LogP contribution in [0.3, 0.4) is 0 Å². The van der Waals surface area contributed by atoms with Crippen molar-refractivity contribution in [3.8, 4) is 5.75 Å². The fourth-order valence-electron chi connectivity index (χ4n) is 2.42. The number of amides is 1. The normalized spacial score (nSPS) is 10.7. The van der Waals surface area contributed by atoms with E-state index in [0.29, 0.717) is 16.8 Å². The monoisotopic (exact) mass is 309 g/mol. The van der Waals surface area contributed by atoms with Crippen molar-refractivity contribution in [2.75, 3.05) is 5.32 Å². The second-order valence-electron chi connectivity index (χ2n) is 5.16. The van der Waals surface area contributed by atoms with Crippen LogP contribution >= 0.6 is 0 Å². The number of carbonyl (C=O) groups excluding carboxylic acids is 1. The van der Waals surface area contributed by atoms with Gasteiger partial charge in [-0.2, -0.15) is 5.10 Å². The number of hydrogen-bond donors (Lipinski definition) is 2. The summed E-state index contributed by atoms with van der Waals surface area (Å²) >= 11 is 0. The molecular formula is C17H15N3O3. The molecule has 6 nitrogen and oxygen atoms in total. The van der Waals surface area contributed by atoms with E-state index in [1.807, 2.05) is 12.1 Å². The molecule has 0 fully saturated rings. The minimum absolute atomic E-state index is 0.0316. The van der Waals surface area contributed by atoms with Gasteiger partial charge in [-0.3, -0.25) is 9.59 Å². The number of aromatic hydroxyl groups is 1. The maximum absolute atomic E-state index is 12.4. The number of benzene rings is 2. The number of nitrogens with zero attached hydrogens (tertiary/aromatic N) is 2. The van der Waals surface area contributed by atoms with E-state index < -0.39 is 5.91 Å². The smallest absolute Gasteiger partial charge is 0.275 e. The first-order chi connectivity index (χ1) is 11.1. The van der Waals surface area contributed by atoms with Gasteiger partial charge in [0.25, 0.3) is 5.56 Å². The highest BCUT2D eigenvalue weighted by molar-refractivity contribution is 5.92. The van der Waals surface area contributed by atoms with Gasteiger partial charge in [-0.1, -0.05) is 30.3 Å². The number of rotatable bonds is 3. The van der Waals surface area contributed by atoms with E-state index in [9.17, 15) is 14.7 Å². The van der Waals surface area contributed by atoms with Gasteiger partial charge < -0.3 is 10.4 Å². The number of aromatic nitrogens is 2. The van der Waals surface area contributed by atoms with Crippen molar-refractivity contribution < 1.29 is 9.90 Å². The van der Waals surface area contributed by atoms with E-state index in [-0.39, 0.29) is 17.9 Å². The standard InChI is InChI=1S/C17H15N3O3/c1-11-12-6-2-3-7-13(12)17(23)20(19-11)10-16(22)18-14-8-4-5-9-15(14)21/h2-9,21H,10H2,1H3,(H,18,22). The van der Waals surface area contributed by atoms with Gasteiger partial charge in [0.1, 0.15) is 12.3 Å². The molecule has 23 heavy (non-hydrogen) atoms. The molecule has 2 aromatic carbocycles. The van der Waals surface area contributed by atoms with Crippen molar-refractivity contribution in [1.82, 2.24) is 9.78 Å². The van der Waals surface area contributed by atoms with Gasteiger partial charge in [0.2, 0.25) is 5.91 Å². The molecule has 116 valence electrons. The second kappa shape index (κ2) is 5.92. The predicted octanol–water partition coefficient (Wildman–Crippen LogP) is 2.05. The lowest BCUT2D eigenvalue weighted by atomic mass is 10.1. The number of anilines is 1. The van der Waals surface area contributed by atoms with Crippen molar-refractivity contribution >= 4 is 22.4 Å². The molecule has 0 saturated carbocycles. The molecule has 0 unspecified atom stereocenters. The number of fused-ring (bicyclic) bond motifs is 1. The summed E-state index contributed by atoms with van der Waals surface area (Å²) in [5.41, 5.74) is 0.650.